The fourth-order valence-electron chi connectivity index (χ4n) is 18.5. The molecule has 4 unspecified atom stereocenters. The molecular formula is C98H176N2O16. The summed E-state index contributed by atoms with van der Waals surface area (Å²) in [5.41, 5.74) is 0. The third-order valence-corrected chi connectivity index (χ3v) is 26.5. The molecule has 0 spiro atoms. The molecule has 0 radical (unpaired) electrons. The van der Waals surface area contributed by atoms with E-state index >= 15 is 0 Å². The summed E-state index contributed by atoms with van der Waals surface area (Å²) in [4.78, 5) is 109. The van der Waals surface area contributed by atoms with E-state index in [9.17, 15) is 38.4 Å². The van der Waals surface area contributed by atoms with Crippen LogP contribution < -0.4 is 0 Å². The van der Waals surface area contributed by atoms with E-state index in [0.717, 1.165) is 176 Å². The molecule has 4 rings (SSSR count). The molecule has 0 N–H and O–H groups in total. The summed E-state index contributed by atoms with van der Waals surface area (Å²) in [6.45, 7) is 30.4. The Labute approximate surface area is 708 Å². The lowest BCUT2D eigenvalue weighted by molar-refractivity contribution is -0.156. The summed E-state index contributed by atoms with van der Waals surface area (Å²) in [6, 6.07) is 0. The van der Waals surface area contributed by atoms with Gasteiger partial charge in [0.25, 0.3) is 0 Å². The van der Waals surface area contributed by atoms with Gasteiger partial charge in [-0.25, -0.2) is 0 Å². The van der Waals surface area contributed by atoms with Crippen LogP contribution in [0.3, 0.4) is 0 Å². The second-order valence-corrected chi connectivity index (χ2v) is 39.0. The molecule has 4 saturated carbocycles. The molecule has 0 aromatic heterocycles. The third-order valence-electron chi connectivity index (χ3n) is 26.5. The van der Waals surface area contributed by atoms with Gasteiger partial charge in [0.15, 0.2) is 0 Å². The number of hydrogen-bond donors (Lipinski definition) is 0. The van der Waals surface area contributed by atoms with E-state index in [0.29, 0.717) is 62.9 Å². The highest BCUT2D eigenvalue weighted by Crippen LogP contribution is 2.38. The first-order valence-corrected chi connectivity index (χ1v) is 48.5. The van der Waals surface area contributed by atoms with Crippen molar-refractivity contribution in [3.05, 3.63) is 0 Å². The Hall–Kier alpha value is -4.32. The first-order valence-electron chi connectivity index (χ1n) is 48.5. The van der Waals surface area contributed by atoms with Crippen molar-refractivity contribution >= 4 is 47.8 Å². The van der Waals surface area contributed by atoms with Crippen molar-refractivity contribution in [1.82, 2.24) is 9.80 Å². The Bertz CT molecular complexity index is 2230. The largest absolute Gasteiger partial charge is 0.462 e. The van der Waals surface area contributed by atoms with Crippen molar-refractivity contribution < 1.29 is 76.3 Å². The summed E-state index contributed by atoms with van der Waals surface area (Å²) < 4.78 is 44.9. The van der Waals surface area contributed by atoms with E-state index < -0.39 is 23.9 Å². The first-order chi connectivity index (χ1) is 55.8. The second kappa shape index (κ2) is 64.5. The Morgan fingerprint density at radius 3 is 0.612 bits per heavy atom. The molecule has 0 bridgehead atoms. The molecule has 4 fully saturated rings. The molecule has 674 valence electrons. The third kappa shape index (κ3) is 52.8. The average Bonchev–Trinajstić information content (AvgIpc) is 0.907. The fraction of sp³-hybridized carbons (Fsp3) is 0.918. The van der Waals surface area contributed by atoms with Gasteiger partial charge < -0.3 is 47.7 Å². The van der Waals surface area contributed by atoms with Crippen molar-refractivity contribution in [2.24, 2.45) is 94.7 Å². The minimum absolute atomic E-state index is 0.00543. The van der Waals surface area contributed by atoms with Gasteiger partial charge in [0.05, 0.1) is 49.4 Å². The van der Waals surface area contributed by atoms with Gasteiger partial charge in [-0.3, -0.25) is 38.4 Å². The highest BCUT2D eigenvalue weighted by molar-refractivity contribution is 5.75. The van der Waals surface area contributed by atoms with Crippen LogP contribution in [0.15, 0.2) is 0 Å². The van der Waals surface area contributed by atoms with E-state index in [-0.39, 0.29) is 126 Å². The number of rotatable bonds is 67. The summed E-state index contributed by atoms with van der Waals surface area (Å²) >= 11 is 0. The van der Waals surface area contributed by atoms with Gasteiger partial charge in [0.1, 0.15) is 52.9 Å². The van der Waals surface area contributed by atoms with E-state index in [1.54, 1.807) is 0 Å². The maximum absolute atomic E-state index is 13.2. The molecule has 0 aromatic carbocycles. The molecule has 0 aromatic rings. The van der Waals surface area contributed by atoms with E-state index in [1.165, 1.54) is 154 Å². The first kappa shape index (κ1) is 104. The highest BCUT2D eigenvalue weighted by Gasteiger charge is 2.32. The molecule has 0 amide bonds. The molecule has 0 aliphatic heterocycles. The number of esters is 8. The smallest absolute Gasteiger partial charge is 0.309 e. The number of carbonyl (C=O) groups excluding carboxylic acids is 8. The number of ether oxygens (including phenoxy) is 8. The van der Waals surface area contributed by atoms with Crippen LogP contribution in [-0.4, -0.2) is 150 Å². The van der Waals surface area contributed by atoms with Gasteiger partial charge in [-0.15, -0.1) is 0 Å². The maximum Gasteiger partial charge on any atom is 0.309 e. The normalized spacial score (nSPS) is 21.0. The van der Waals surface area contributed by atoms with Crippen LogP contribution in [0.5, 0.6) is 0 Å². The van der Waals surface area contributed by atoms with Gasteiger partial charge in [0.2, 0.25) is 0 Å². The second-order valence-electron chi connectivity index (χ2n) is 39.0. The standard InChI is InChI=1S/C98H176N2O16/c1-75(2)25-17-29-79(9)33-21-37-83-41-49-87(50-42-83)95(105)113-71-67-109-91(101)57-63-99(64-58-92(102)110-68-72-114-96(106)88-51-43-84(44-52-88)38-22-34-80(10)30-18-26-76(3)4)61-15-13-14-16-62-100(65-59-93(103)111-69-73-115-97(107)89-53-45-85(46-54-89)39-23-35-81(11)31-19-27-77(5)6)66-60-94(104)112-70-74-116-98(108)90-55-47-86(48-56-90)40-24-36-82(12)32-20-28-78(7)8/h75-90H,13-74H2,1-12H3. The minimum atomic E-state index is -0.418. The lowest BCUT2D eigenvalue weighted by Gasteiger charge is -2.27. The summed E-state index contributed by atoms with van der Waals surface area (Å²) in [5, 5.41) is 0. The van der Waals surface area contributed by atoms with Crippen molar-refractivity contribution in [1.29, 1.82) is 0 Å². The van der Waals surface area contributed by atoms with Crippen LogP contribution in [0, 0.1) is 94.7 Å². The predicted octanol–water partition coefficient (Wildman–Crippen LogP) is 22.8. The molecule has 18 nitrogen and oxygen atoms in total. The van der Waals surface area contributed by atoms with Gasteiger partial charge in [-0.05, 0) is 200 Å². The molecule has 4 atom stereocenters. The molecule has 4 aliphatic carbocycles. The maximum atomic E-state index is 13.2. The number of unbranched alkanes of at least 4 members (excludes halogenated alkanes) is 3. The zero-order valence-electron chi connectivity index (χ0n) is 76.5. The fourth-order valence-corrected chi connectivity index (χ4v) is 18.5. The molecule has 18 heteroatoms. The Morgan fingerprint density at radius 2 is 0.414 bits per heavy atom. The Balaban J connectivity index is 1.24. The van der Waals surface area contributed by atoms with Gasteiger partial charge >= 0.3 is 47.8 Å². The van der Waals surface area contributed by atoms with Gasteiger partial charge in [-0.1, -0.05) is 250 Å². The Kier molecular flexibility index (Phi) is 57.8. The van der Waals surface area contributed by atoms with E-state index in [1.807, 2.05) is 0 Å². The summed E-state index contributed by atoms with van der Waals surface area (Å²) in [6.07, 6.45) is 49.2. The number of nitrogens with zero attached hydrogens (tertiary/aromatic N) is 2. The van der Waals surface area contributed by atoms with E-state index in [4.69, 9.17) is 37.9 Å². The molecule has 116 heavy (non-hydrogen) atoms. The van der Waals surface area contributed by atoms with Crippen LogP contribution in [-0.2, 0) is 76.3 Å². The Morgan fingerprint density at radius 1 is 0.224 bits per heavy atom. The van der Waals surface area contributed by atoms with Crippen LogP contribution >= 0.6 is 0 Å². The number of carbonyl (C=O) groups is 8. The summed E-state index contributed by atoms with van der Waals surface area (Å²) in [5.74, 6) is 5.77. The van der Waals surface area contributed by atoms with Crippen molar-refractivity contribution in [2.45, 2.75) is 391 Å². The van der Waals surface area contributed by atoms with E-state index in [2.05, 4.69) is 92.9 Å². The SMILES string of the molecule is CC(C)CCCC(C)CCCC1CCC(C(=O)OCCOC(=O)CCN(CCCCCCN(CCC(=O)OCCOC(=O)C2CCC(CCCC(C)CCCC(C)C)CC2)CCC(=O)OCCOC(=O)C2CCC(CCCC(C)CCCC(C)C)CC2)CCC(=O)OCCOC(=O)C2CCC(CCCC(C)CCCC(C)C)CC2)CC1. The highest BCUT2D eigenvalue weighted by atomic mass is 16.6. The summed E-state index contributed by atoms with van der Waals surface area (Å²) in [7, 11) is 0. The van der Waals surface area contributed by atoms with Crippen LogP contribution in [0.2, 0.25) is 0 Å². The van der Waals surface area contributed by atoms with Crippen molar-refractivity contribution in [3.63, 3.8) is 0 Å². The monoisotopic (exact) mass is 1640 g/mol. The van der Waals surface area contributed by atoms with Crippen LogP contribution in [0.1, 0.15) is 391 Å². The molecule has 0 saturated heterocycles. The van der Waals surface area contributed by atoms with Crippen LogP contribution in [0.4, 0.5) is 0 Å². The quantitative estimate of drug-likeness (QED) is 0.0314. The molecule has 4 aliphatic rings. The molecular weight excluding hydrogens is 1460 g/mol. The lowest BCUT2D eigenvalue weighted by atomic mass is 9.79. The zero-order valence-corrected chi connectivity index (χ0v) is 76.5. The van der Waals surface area contributed by atoms with Gasteiger partial charge in [-0.2, -0.15) is 0 Å². The predicted molar refractivity (Wildman–Crippen MR) is 466 cm³/mol. The zero-order chi connectivity index (χ0) is 84.5. The molecule has 0 heterocycles. The lowest BCUT2D eigenvalue weighted by Crippen LogP contribution is -2.31. The minimum Gasteiger partial charge on any atom is -0.462 e. The van der Waals surface area contributed by atoms with Crippen molar-refractivity contribution in [2.75, 3.05) is 92.1 Å². The van der Waals surface area contributed by atoms with Crippen LogP contribution in [0.25, 0.3) is 0 Å². The number of hydrogen-bond acceptors (Lipinski definition) is 18. The van der Waals surface area contributed by atoms with Gasteiger partial charge in [0, 0.05) is 26.2 Å². The van der Waals surface area contributed by atoms with Crippen molar-refractivity contribution in [3.8, 4) is 0 Å². The average molecular weight is 1640 g/mol. The topological polar surface area (TPSA) is 217 Å².